The van der Waals surface area contributed by atoms with E-state index < -0.39 is 5.54 Å². The van der Waals surface area contributed by atoms with E-state index in [-0.39, 0.29) is 18.0 Å². The second-order valence-electron chi connectivity index (χ2n) is 5.67. The molecule has 0 aromatic heterocycles. The van der Waals surface area contributed by atoms with Crippen LogP contribution in [0.1, 0.15) is 51.9 Å². The van der Waals surface area contributed by atoms with Gasteiger partial charge in [-0.1, -0.05) is 32.1 Å². The van der Waals surface area contributed by atoms with Crippen molar-refractivity contribution in [3.63, 3.8) is 0 Å². The quantitative estimate of drug-likeness (QED) is 0.730. The summed E-state index contributed by atoms with van der Waals surface area (Å²) in [4.78, 5) is 25.7. The Morgan fingerprint density at radius 1 is 1.22 bits per heavy atom. The second-order valence-corrected chi connectivity index (χ2v) is 5.67. The summed E-state index contributed by atoms with van der Waals surface area (Å²) in [5.74, 6) is -0.0632. The summed E-state index contributed by atoms with van der Waals surface area (Å²) in [5.41, 5.74) is 5.06. The molecule has 1 saturated heterocycles. The van der Waals surface area contributed by atoms with Gasteiger partial charge in [-0.05, 0) is 19.8 Å². The second kappa shape index (κ2) is 5.26. The molecule has 1 aliphatic heterocycles. The highest BCUT2D eigenvalue weighted by atomic mass is 16.2. The number of imide groups is 1. The summed E-state index contributed by atoms with van der Waals surface area (Å²) in [6.45, 7) is 2.12. The van der Waals surface area contributed by atoms with Gasteiger partial charge in [0.05, 0.1) is 0 Å². The third-order valence-corrected chi connectivity index (χ3v) is 3.92. The Kier molecular flexibility index (Phi) is 3.90. The SMILES string of the molecule is CC(N)CN1C(=O)NC2(CCCCCCC2)C1=O. The molecule has 1 spiro atoms. The van der Waals surface area contributed by atoms with Crippen LogP contribution in [0.5, 0.6) is 0 Å². The van der Waals surface area contributed by atoms with Crippen LogP contribution in [0.2, 0.25) is 0 Å². The maximum absolute atomic E-state index is 12.5. The van der Waals surface area contributed by atoms with Crippen molar-refractivity contribution in [1.82, 2.24) is 10.2 Å². The van der Waals surface area contributed by atoms with Crippen LogP contribution in [0.15, 0.2) is 0 Å². The number of amides is 3. The van der Waals surface area contributed by atoms with E-state index in [2.05, 4.69) is 5.32 Å². The van der Waals surface area contributed by atoms with E-state index in [0.29, 0.717) is 6.54 Å². The highest BCUT2D eigenvalue weighted by Crippen LogP contribution is 2.31. The van der Waals surface area contributed by atoms with E-state index in [4.69, 9.17) is 5.73 Å². The molecule has 2 aliphatic rings. The fourth-order valence-corrected chi connectivity index (χ4v) is 2.98. The number of nitrogens with two attached hydrogens (primary N) is 1. The largest absolute Gasteiger partial charge is 0.326 e. The van der Waals surface area contributed by atoms with E-state index in [1.54, 1.807) is 0 Å². The highest BCUT2D eigenvalue weighted by molar-refractivity contribution is 6.07. The Bertz CT molecular complexity index is 333. The zero-order valence-corrected chi connectivity index (χ0v) is 11.1. The van der Waals surface area contributed by atoms with E-state index >= 15 is 0 Å². The van der Waals surface area contributed by atoms with Crippen LogP contribution in [0.3, 0.4) is 0 Å². The number of hydrogen-bond donors (Lipinski definition) is 2. The Morgan fingerprint density at radius 2 is 1.78 bits per heavy atom. The maximum Gasteiger partial charge on any atom is 0.325 e. The lowest BCUT2D eigenvalue weighted by Crippen LogP contribution is -2.48. The predicted octanol–water partition coefficient (Wildman–Crippen LogP) is 1.37. The van der Waals surface area contributed by atoms with Gasteiger partial charge in [0, 0.05) is 12.6 Å². The highest BCUT2D eigenvalue weighted by Gasteiger charge is 2.50. The van der Waals surface area contributed by atoms with E-state index in [0.717, 1.165) is 38.5 Å². The van der Waals surface area contributed by atoms with Crippen LogP contribution >= 0.6 is 0 Å². The van der Waals surface area contributed by atoms with Crippen molar-refractivity contribution in [2.24, 2.45) is 5.73 Å². The molecule has 0 aromatic carbocycles. The van der Waals surface area contributed by atoms with Crippen LogP contribution in [-0.4, -0.2) is 35.0 Å². The monoisotopic (exact) mass is 253 g/mol. The Morgan fingerprint density at radius 3 is 2.33 bits per heavy atom. The van der Waals surface area contributed by atoms with Gasteiger partial charge in [-0.3, -0.25) is 9.69 Å². The number of carbonyl (C=O) groups excluding carboxylic acids is 2. The average Bonchev–Trinajstić information content (AvgIpc) is 2.49. The Hall–Kier alpha value is -1.10. The molecule has 2 rings (SSSR count). The van der Waals surface area contributed by atoms with Crippen molar-refractivity contribution in [2.45, 2.75) is 63.5 Å². The number of nitrogens with one attached hydrogen (secondary N) is 1. The molecular weight excluding hydrogens is 230 g/mol. The third-order valence-electron chi connectivity index (χ3n) is 3.92. The predicted molar refractivity (Wildman–Crippen MR) is 68.9 cm³/mol. The molecule has 0 radical (unpaired) electrons. The fourth-order valence-electron chi connectivity index (χ4n) is 2.98. The molecule has 1 unspecified atom stereocenters. The standard InChI is InChI=1S/C13H23N3O2/c1-10(14)9-16-11(17)13(15-12(16)18)7-5-3-2-4-6-8-13/h10H,2-9,14H2,1H3,(H,15,18). The van der Waals surface area contributed by atoms with Gasteiger partial charge in [0.15, 0.2) is 0 Å². The molecule has 3 N–H and O–H groups in total. The molecule has 1 atom stereocenters. The number of nitrogens with zero attached hydrogens (tertiary/aromatic N) is 1. The number of hydrogen-bond acceptors (Lipinski definition) is 3. The first-order valence-electron chi connectivity index (χ1n) is 6.95. The van der Waals surface area contributed by atoms with E-state index in [1.165, 1.54) is 11.3 Å². The van der Waals surface area contributed by atoms with Gasteiger partial charge in [0.1, 0.15) is 5.54 Å². The van der Waals surface area contributed by atoms with Crippen LogP contribution < -0.4 is 11.1 Å². The Labute approximate surface area is 108 Å². The summed E-state index contributed by atoms with van der Waals surface area (Å²) >= 11 is 0. The molecule has 0 aromatic rings. The molecule has 5 nitrogen and oxygen atoms in total. The number of rotatable bonds is 2. The van der Waals surface area contributed by atoms with Gasteiger partial charge in [-0.25, -0.2) is 4.79 Å². The van der Waals surface area contributed by atoms with Crippen molar-refractivity contribution in [3.8, 4) is 0 Å². The zero-order chi connectivity index (χ0) is 13.2. The van der Waals surface area contributed by atoms with Crippen molar-refractivity contribution >= 4 is 11.9 Å². The lowest BCUT2D eigenvalue weighted by atomic mass is 9.84. The lowest BCUT2D eigenvalue weighted by Gasteiger charge is -2.28. The molecule has 3 amide bonds. The van der Waals surface area contributed by atoms with E-state index in [1.807, 2.05) is 6.92 Å². The smallest absolute Gasteiger partial charge is 0.325 e. The van der Waals surface area contributed by atoms with Crippen LogP contribution in [-0.2, 0) is 4.79 Å². The number of carbonyl (C=O) groups is 2. The maximum atomic E-state index is 12.5. The lowest BCUT2D eigenvalue weighted by molar-refractivity contribution is -0.132. The molecule has 102 valence electrons. The minimum atomic E-state index is -0.633. The van der Waals surface area contributed by atoms with E-state index in [9.17, 15) is 9.59 Å². The van der Waals surface area contributed by atoms with Gasteiger partial charge in [0.2, 0.25) is 0 Å². The summed E-state index contributed by atoms with van der Waals surface area (Å²) in [5, 5.41) is 2.92. The zero-order valence-electron chi connectivity index (χ0n) is 11.1. The molecule has 18 heavy (non-hydrogen) atoms. The van der Waals surface area contributed by atoms with Gasteiger partial charge in [-0.2, -0.15) is 0 Å². The van der Waals surface area contributed by atoms with Gasteiger partial charge < -0.3 is 11.1 Å². The van der Waals surface area contributed by atoms with Gasteiger partial charge in [-0.15, -0.1) is 0 Å². The summed E-state index contributed by atoms with van der Waals surface area (Å²) in [6.07, 6.45) is 7.11. The molecule has 2 fully saturated rings. The van der Waals surface area contributed by atoms with Crippen LogP contribution in [0.25, 0.3) is 0 Å². The molecule has 0 bridgehead atoms. The van der Waals surface area contributed by atoms with Crippen molar-refractivity contribution in [3.05, 3.63) is 0 Å². The molecule has 1 saturated carbocycles. The van der Waals surface area contributed by atoms with Gasteiger partial charge >= 0.3 is 6.03 Å². The number of urea groups is 1. The minimum absolute atomic E-state index is 0.0632. The van der Waals surface area contributed by atoms with Crippen molar-refractivity contribution in [1.29, 1.82) is 0 Å². The Balaban J connectivity index is 2.13. The summed E-state index contributed by atoms with van der Waals surface area (Å²) in [7, 11) is 0. The average molecular weight is 253 g/mol. The van der Waals surface area contributed by atoms with Crippen molar-refractivity contribution < 1.29 is 9.59 Å². The molecule has 5 heteroatoms. The first kappa shape index (κ1) is 13.3. The molecular formula is C13H23N3O2. The van der Waals surface area contributed by atoms with Crippen LogP contribution in [0.4, 0.5) is 4.79 Å². The third kappa shape index (κ3) is 2.51. The normalized spacial score (nSPS) is 25.8. The van der Waals surface area contributed by atoms with Crippen molar-refractivity contribution in [2.75, 3.05) is 6.54 Å². The van der Waals surface area contributed by atoms with Gasteiger partial charge in [0.25, 0.3) is 5.91 Å². The molecule has 1 heterocycles. The topological polar surface area (TPSA) is 75.4 Å². The fraction of sp³-hybridized carbons (Fsp3) is 0.846. The first-order chi connectivity index (χ1) is 8.55. The first-order valence-corrected chi connectivity index (χ1v) is 6.95. The summed E-state index contributed by atoms with van der Waals surface area (Å²) in [6, 6.07) is -0.443. The summed E-state index contributed by atoms with van der Waals surface area (Å²) < 4.78 is 0. The minimum Gasteiger partial charge on any atom is -0.326 e. The molecule has 1 aliphatic carbocycles. The van der Waals surface area contributed by atoms with Crippen LogP contribution in [0, 0.1) is 0 Å².